The van der Waals surface area contributed by atoms with Crippen molar-refractivity contribution in [1.29, 1.82) is 0 Å². The standard InChI is InChI=1S/C19H26N2OS2.C7H8O3S/c1-18(2,3)13-10-12(11-14(16(13)22)19(4,5)6)8-9-15-20-21-17(23-7)24-15;1-6-2-4-7(5-3-6)11(8,9)10/h8-11,22H,1-7H3;2-5H,1H3,(H,8,9,10). The van der Waals surface area contributed by atoms with E-state index in [9.17, 15) is 13.5 Å². The highest BCUT2D eigenvalue weighted by molar-refractivity contribution is 8.00. The predicted octanol–water partition coefficient (Wildman–Crippen LogP) is 6.97. The van der Waals surface area contributed by atoms with Gasteiger partial charge in [0.2, 0.25) is 0 Å². The first kappa shape index (κ1) is 29.0. The molecule has 1 aromatic heterocycles. The summed E-state index contributed by atoms with van der Waals surface area (Å²) < 4.78 is 30.5. The maximum atomic E-state index is 10.8. The molecule has 0 spiro atoms. The third-order valence-electron chi connectivity index (χ3n) is 5.08. The largest absolute Gasteiger partial charge is 0.507 e. The average Bonchev–Trinajstić information content (AvgIpc) is 3.19. The van der Waals surface area contributed by atoms with Gasteiger partial charge in [-0.2, -0.15) is 8.42 Å². The summed E-state index contributed by atoms with van der Waals surface area (Å²) in [5.74, 6) is 0.410. The van der Waals surface area contributed by atoms with Crippen LogP contribution in [-0.4, -0.2) is 34.5 Å². The molecule has 2 N–H and O–H groups in total. The van der Waals surface area contributed by atoms with Crippen LogP contribution in [0.2, 0.25) is 0 Å². The van der Waals surface area contributed by atoms with E-state index in [1.165, 1.54) is 12.1 Å². The van der Waals surface area contributed by atoms with E-state index < -0.39 is 10.1 Å². The normalized spacial score (nSPS) is 12.5. The Morgan fingerprint density at radius 3 is 1.83 bits per heavy atom. The van der Waals surface area contributed by atoms with Crippen molar-refractivity contribution in [2.45, 2.75) is 68.5 Å². The second kappa shape index (κ2) is 11.2. The number of aromatic hydroxyl groups is 1. The molecule has 1 heterocycles. The zero-order valence-electron chi connectivity index (χ0n) is 21.4. The van der Waals surface area contributed by atoms with Crippen LogP contribution in [0, 0.1) is 6.92 Å². The molecule has 0 unspecified atom stereocenters. The van der Waals surface area contributed by atoms with Crippen molar-refractivity contribution >= 4 is 45.4 Å². The number of aromatic nitrogens is 2. The summed E-state index contributed by atoms with van der Waals surface area (Å²) >= 11 is 3.18. The number of phenols is 1. The molecule has 0 aliphatic heterocycles. The maximum absolute atomic E-state index is 10.8. The van der Waals surface area contributed by atoms with Gasteiger partial charge in [0.05, 0.1) is 4.90 Å². The zero-order valence-corrected chi connectivity index (χ0v) is 23.9. The smallest absolute Gasteiger partial charge is 0.294 e. The highest BCUT2D eigenvalue weighted by atomic mass is 32.2. The first-order valence-electron chi connectivity index (χ1n) is 11.0. The number of hydrogen-bond donors (Lipinski definition) is 2. The molecule has 0 amide bonds. The average molecular weight is 535 g/mol. The molecule has 6 nitrogen and oxygen atoms in total. The summed E-state index contributed by atoms with van der Waals surface area (Å²) in [5.41, 5.74) is 3.72. The van der Waals surface area contributed by atoms with Gasteiger partial charge < -0.3 is 5.11 Å². The summed E-state index contributed by atoms with van der Waals surface area (Å²) in [6.45, 7) is 14.6. The number of thioether (sulfide) groups is 1. The van der Waals surface area contributed by atoms with Crippen molar-refractivity contribution < 1.29 is 18.1 Å². The van der Waals surface area contributed by atoms with Gasteiger partial charge in [-0.3, -0.25) is 4.55 Å². The van der Waals surface area contributed by atoms with Gasteiger partial charge in [-0.05, 0) is 59.9 Å². The number of phenolic OH excluding ortho intramolecular Hbond substituents is 1. The van der Waals surface area contributed by atoms with Crippen LogP contribution in [0.5, 0.6) is 5.75 Å². The van der Waals surface area contributed by atoms with E-state index in [-0.39, 0.29) is 15.7 Å². The third kappa shape index (κ3) is 8.45. The van der Waals surface area contributed by atoms with E-state index in [0.29, 0.717) is 5.75 Å². The summed E-state index contributed by atoms with van der Waals surface area (Å²) in [7, 11) is -4.02. The highest BCUT2D eigenvalue weighted by Gasteiger charge is 2.26. The fraction of sp³-hybridized carbons (Fsp3) is 0.385. The third-order valence-corrected chi connectivity index (χ3v) is 7.81. The lowest BCUT2D eigenvalue weighted by molar-refractivity contribution is 0.423. The van der Waals surface area contributed by atoms with Crippen LogP contribution in [0.1, 0.15) is 68.8 Å². The Bertz CT molecular complexity index is 1250. The minimum Gasteiger partial charge on any atom is -0.507 e. The van der Waals surface area contributed by atoms with Gasteiger partial charge >= 0.3 is 0 Å². The van der Waals surface area contributed by atoms with Crippen LogP contribution in [-0.2, 0) is 20.9 Å². The molecule has 0 fully saturated rings. The van der Waals surface area contributed by atoms with Crippen LogP contribution >= 0.6 is 23.1 Å². The highest BCUT2D eigenvalue weighted by Crippen LogP contribution is 2.40. The lowest BCUT2D eigenvalue weighted by Crippen LogP contribution is -2.17. The molecular formula is C26H34N2O4S3. The van der Waals surface area contributed by atoms with Gasteiger partial charge in [0.25, 0.3) is 10.1 Å². The van der Waals surface area contributed by atoms with E-state index >= 15 is 0 Å². The van der Waals surface area contributed by atoms with E-state index in [0.717, 1.165) is 31.6 Å². The first-order valence-corrected chi connectivity index (χ1v) is 14.5. The SMILES string of the molecule is CSc1nnc(C=Cc2cc(C(C)(C)C)c(O)c(C(C)(C)C)c2)s1.Cc1ccc(S(=O)(=O)O)cc1. The fourth-order valence-corrected chi connectivity index (χ4v) is 4.81. The number of aryl methyl sites for hydroxylation is 1. The molecule has 0 atom stereocenters. The Balaban J connectivity index is 0.000000328. The Kier molecular flexibility index (Phi) is 9.33. The van der Waals surface area contributed by atoms with Gasteiger partial charge in [0.15, 0.2) is 4.34 Å². The monoisotopic (exact) mass is 534 g/mol. The van der Waals surface area contributed by atoms with Gasteiger partial charge in [-0.1, -0.05) is 88.4 Å². The molecule has 9 heteroatoms. The van der Waals surface area contributed by atoms with Crippen molar-refractivity contribution in [1.82, 2.24) is 10.2 Å². The molecule has 2 aromatic carbocycles. The van der Waals surface area contributed by atoms with Crippen LogP contribution in [0.3, 0.4) is 0 Å². The molecule has 35 heavy (non-hydrogen) atoms. The molecule has 0 saturated heterocycles. The summed E-state index contributed by atoms with van der Waals surface area (Å²) in [4.78, 5) is -0.0666. The molecular weight excluding hydrogens is 500 g/mol. The van der Waals surface area contributed by atoms with E-state index in [2.05, 4.69) is 69.9 Å². The molecule has 0 saturated carbocycles. The summed E-state index contributed by atoms with van der Waals surface area (Å²) in [5, 5.41) is 19.9. The van der Waals surface area contributed by atoms with Gasteiger partial charge in [0.1, 0.15) is 10.8 Å². The molecule has 3 rings (SSSR count). The van der Waals surface area contributed by atoms with Crippen LogP contribution in [0.25, 0.3) is 12.2 Å². The van der Waals surface area contributed by atoms with Gasteiger partial charge in [0, 0.05) is 11.1 Å². The van der Waals surface area contributed by atoms with E-state index in [1.54, 1.807) is 35.2 Å². The van der Waals surface area contributed by atoms with Crippen LogP contribution in [0.15, 0.2) is 45.6 Å². The second-order valence-electron chi connectivity index (χ2n) is 10.2. The predicted molar refractivity (Wildman–Crippen MR) is 147 cm³/mol. The number of nitrogens with zero attached hydrogens (tertiary/aromatic N) is 2. The maximum Gasteiger partial charge on any atom is 0.294 e. The van der Waals surface area contributed by atoms with E-state index in [1.807, 2.05) is 19.3 Å². The Morgan fingerprint density at radius 2 is 1.43 bits per heavy atom. The topological polar surface area (TPSA) is 100 Å². The number of benzene rings is 2. The van der Waals surface area contributed by atoms with Crippen molar-refractivity contribution in [3.8, 4) is 5.75 Å². The molecule has 0 bridgehead atoms. The van der Waals surface area contributed by atoms with Gasteiger partial charge in [-0.25, -0.2) is 0 Å². The molecule has 190 valence electrons. The Morgan fingerprint density at radius 1 is 0.914 bits per heavy atom. The Labute approximate surface area is 217 Å². The van der Waals surface area contributed by atoms with Crippen molar-refractivity contribution in [3.05, 3.63) is 63.7 Å². The number of hydrogen-bond acceptors (Lipinski definition) is 7. The lowest BCUT2D eigenvalue weighted by atomic mass is 9.78. The molecule has 0 aliphatic carbocycles. The second-order valence-corrected chi connectivity index (χ2v) is 13.7. The minimum absolute atomic E-state index is 0.0666. The molecule has 3 aromatic rings. The summed E-state index contributed by atoms with van der Waals surface area (Å²) in [6.07, 6.45) is 6.04. The van der Waals surface area contributed by atoms with Crippen LogP contribution in [0.4, 0.5) is 0 Å². The lowest BCUT2D eigenvalue weighted by Gasteiger charge is -2.27. The summed E-state index contributed by atoms with van der Waals surface area (Å²) in [6, 6.07) is 10.1. The zero-order chi connectivity index (χ0) is 26.6. The van der Waals surface area contributed by atoms with Gasteiger partial charge in [-0.15, -0.1) is 10.2 Å². The molecule has 0 radical (unpaired) electrons. The quantitative estimate of drug-likeness (QED) is 0.275. The van der Waals surface area contributed by atoms with Crippen LogP contribution < -0.4 is 0 Å². The first-order chi connectivity index (χ1) is 16.0. The molecule has 0 aliphatic rings. The van der Waals surface area contributed by atoms with E-state index in [4.69, 9.17) is 4.55 Å². The number of rotatable bonds is 4. The van der Waals surface area contributed by atoms with Crippen molar-refractivity contribution in [2.75, 3.05) is 6.26 Å². The van der Waals surface area contributed by atoms with Crippen molar-refractivity contribution in [2.24, 2.45) is 0 Å². The fourth-order valence-electron chi connectivity index (χ4n) is 3.14. The Hall–Kier alpha value is -2.20. The van der Waals surface area contributed by atoms with Crippen molar-refractivity contribution in [3.63, 3.8) is 0 Å². The minimum atomic E-state index is -4.02.